The third kappa shape index (κ3) is 16.9. The number of rotatable bonds is 6. The second-order valence-corrected chi connectivity index (χ2v) is 10.9. The van der Waals surface area contributed by atoms with Crippen LogP contribution in [0, 0.1) is 0 Å². The Bertz CT molecular complexity index is 841. The van der Waals surface area contributed by atoms with Crippen molar-refractivity contribution in [3.63, 3.8) is 0 Å². The van der Waals surface area contributed by atoms with Gasteiger partial charge in [-0.15, -0.1) is 23.5 Å². The van der Waals surface area contributed by atoms with E-state index in [-0.39, 0.29) is 0 Å². The Labute approximate surface area is 217 Å². The second-order valence-electron chi connectivity index (χ2n) is 8.33. The van der Waals surface area contributed by atoms with Gasteiger partial charge < -0.3 is 10.6 Å². The first-order chi connectivity index (χ1) is 15.6. The van der Waals surface area contributed by atoms with Gasteiger partial charge in [0, 0.05) is 22.8 Å². The standard InChI is InChI=1S/2C13H19N2.2ClH.Ti/c2*1-10(2)14-12-8-6-5-7-9-13(12)15-11(3)4;;;/h2*5-11H,1-4H3;2*1H;/q2*-1;;;+2/p-2. The Hall–Kier alpha value is -1.33. The quantitative estimate of drug-likeness (QED) is 0.342. The molecule has 33 heavy (non-hydrogen) atoms. The Morgan fingerprint density at radius 3 is 1.15 bits per heavy atom. The molecule has 0 radical (unpaired) electrons. The van der Waals surface area contributed by atoms with Crippen molar-refractivity contribution in [3.8, 4) is 0 Å². The third-order valence-corrected chi connectivity index (χ3v) is 3.57. The van der Waals surface area contributed by atoms with Crippen molar-refractivity contribution in [2.75, 3.05) is 0 Å². The van der Waals surface area contributed by atoms with Crippen LogP contribution in [0.3, 0.4) is 0 Å². The molecule has 0 heterocycles. The van der Waals surface area contributed by atoms with Crippen LogP contribution in [0.1, 0.15) is 55.4 Å². The molecule has 0 aliphatic rings. The first-order valence-corrected chi connectivity index (χ1v) is 15.5. The van der Waals surface area contributed by atoms with Crippen LogP contribution in [0.15, 0.2) is 70.6 Å². The molecular formula is C26H38Cl2N4Ti-2. The Balaban J connectivity index is 0.000000555. The second kappa shape index (κ2) is 19.0. The molecule has 0 aliphatic carbocycles. The fourth-order valence-electron chi connectivity index (χ4n) is 2.61. The Morgan fingerprint density at radius 1 is 0.576 bits per heavy atom. The summed E-state index contributed by atoms with van der Waals surface area (Å²) in [5.74, 6) is 0. The minimum absolute atomic E-state index is 0.300. The van der Waals surface area contributed by atoms with Gasteiger partial charge in [0.25, 0.3) is 0 Å². The zero-order chi connectivity index (χ0) is 25.2. The molecule has 0 atom stereocenters. The molecule has 0 unspecified atom stereocenters. The van der Waals surface area contributed by atoms with E-state index in [1.807, 2.05) is 60.7 Å². The monoisotopic (exact) mass is 524 g/mol. The maximum absolute atomic E-state index is 4.89. The van der Waals surface area contributed by atoms with E-state index in [0.29, 0.717) is 24.2 Å². The van der Waals surface area contributed by atoms with Crippen molar-refractivity contribution in [3.05, 3.63) is 82.0 Å². The van der Waals surface area contributed by atoms with Crippen LogP contribution < -0.4 is 10.7 Å². The zero-order valence-electron chi connectivity index (χ0n) is 21.1. The average Bonchev–Trinajstić information content (AvgIpc) is 3.03. The van der Waals surface area contributed by atoms with E-state index in [9.17, 15) is 0 Å². The predicted molar refractivity (Wildman–Crippen MR) is 142 cm³/mol. The minimum atomic E-state index is -0.556. The van der Waals surface area contributed by atoms with Gasteiger partial charge in [-0.1, -0.05) is 76.2 Å². The molecule has 0 spiro atoms. The normalized spacial score (nSPS) is 11.6. The third-order valence-electron chi connectivity index (χ3n) is 3.57. The summed E-state index contributed by atoms with van der Waals surface area (Å²) in [5.41, 5.74) is 1.95. The SMILES string of the molecule is CC(C)N=c1cccccc1[N-]C(C)C.CC(C)N=c1cccccc1[N-]C(C)C.[Cl][Ti][Cl]. The first-order valence-electron chi connectivity index (χ1n) is 11.2. The van der Waals surface area contributed by atoms with Gasteiger partial charge in [0.2, 0.25) is 0 Å². The molecule has 0 N–H and O–H groups in total. The van der Waals surface area contributed by atoms with Crippen molar-refractivity contribution in [2.24, 2.45) is 9.98 Å². The van der Waals surface area contributed by atoms with E-state index in [1.165, 1.54) is 0 Å². The molecule has 0 saturated heterocycles. The molecule has 2 rings (SSSR count). The summed E-state index contributed by atoms with van der Waals surface area (Å²) in [4.78, 5) is 9.12. The number of halogens is 2. The van der Waals surface area contributed by atoms with E-state index in [0.717, 1.165) is 22.1 Å². The van der Waals surface area contributed by atoms with Gasteiger partial charge in [-0.05, 0) is 39.8 Å². The zero-order valence-corrected chi connectivity index (χ0v) is 24.2. The van der Waals surface area contributed by atoms with E-state index < -0.39 is 17.0 Å². The summed E-state index contributed by atoms with van der Waals surface area (Å²) >= 11 is -0.556. The van der Waals surface area contributed by atoms with Crippen LogP contribution in [0.5, 0.6) is 0 Å². The van der Waals surface area contributed by atoms with Gasteiger partial charge in [0.05, 0.1) is 0 Å². The van der Waals surface area contributed by atoms with Crippen LogP contribution in [0.2, 0.25) is 0 Å². The van der Waals surface area contributed by atoms with Crippen molar-refractivity contribution in [1.82, 2.24) is 0 Å². The maximum atomic E-state index is 4.89. The van der Waals surface area contributed by atoms with E-state index in [1.54, 1.807) is 0 Å². The van der Waals surface area contributed by atoms with Crippen molar-refractivity contribution < 1.29 is 17.0 Å². The van der Waals surface area contributed by atoms with Crippen LogP contribution in [0.4, 0.5) is 11.4 Å². The summed E-state index contributed by atoms with van der Waals surface area (Å²) in [6.45, 7) is 16.6. The van der Waals surface area contributed by atoms with E-state index in [2.05, 4.69) is 76.0 Å². The molecule has 2 aromatic rings. The molecular weight excluding hydrogens is 487 g/mol. The number of hydrogen-bond donors (Lipinski definition) is 0. The molecule has 0 bridgehead atoms. The molecule has 0 amide bonds. The van der Waals surface area contributed by atoms with Crippen LogP contribution in [-0.2, 0) is 17.0 Å². The molecule has 2 aromatic carbocycles. The molecule has 0 aliphatic heterocycles. The van der Waals surface area contributed by atoms with Crippen molar-refractivity contribution >= 4 is 30.0 Å². The number of nitrogens with zero attached hydrogens (tertiary/aromatic N) is 4. The summed E-state index contributed by atoms with van der Waals surface area (Å²) < 4.78 is 0. The van der Waals surface area contributed by atoms with Crippen LogP contribution in [0.25, 0.3) is 10.6 Å². The summed E-state index contributed by atoms with van der Waals surface area (Å²) in [7, 11) is 9.78. The van der Waals surface area contributed by atoms with Gasteiger partial charge in [-0.3, -0.25) is 9.98 Å². The van der Waals surface area contributed by atoms with Gasteiger partial charge in [0.15, 0.2) is 0 Å². The molecule has 0 aromatic heterocycles. The Kier molecular flexibility index (Phi) is 18.3. The summed E-state index contributed by atoms with van der Waals surface area (Å²) in [5, 5.41) is 11.1. The van der Waals surface area contributed by atoms with E-state index in [4.69, 9.17) is 18.6 Å². The van der Waals surface area contributed by atoms with Gasteiger partial charge in [-0.2, -0.15) is 0 Å². The molecule has 0 fully saturated rings. The molecule has 0 saturated carbocycles. The topological polar surface area (TPSA) is 52.9 Å². The van der Waals surface area contributed by atoms with Crippen LogP contribution >= 0.6 is 18.6 Å². The van der Waals surface area contributed by atoms with Gasteiger partial charge in [-0.25, -0.2) is 0 Å². The first kappa shape index (κ1) is 31.7. The number of hydrogen-bond acceptors (Lipinski definition) is 2. The van der Waals surface area contributed by atoms with Gasteiger partial charge >= 0.3 is 35.6 Å². The molecule has 7 heteroatoms. The molecule has 4 nitrogen and oxygen atoms in total. The summed E-state index contributed by atoms with van der Waals surface area (Å²) in [6.07, 6.45) is 0. The molecule has 182 valence electrons. The summed E-state index contributed by atoms with van der Waals surface area (Å²) in [6, 6.07) is 21.3. The predicted octanol–water partition coefficient (Wildman–Crippen LogP) is 8.20. The fraction of sp³-hybridized carbons (Fsp3) is 0.462. The average molecular weight is 525 g/mol. The van der Waals surface area contributed by atoms with E-state index >= 15 is 0 Å². The van der Waals surface area contributed by atoms with Crippen molar-refractivity contribution in [2.45, 2.75) is 79.6 Å². The Morgan fingerprint density at radius 2 is 0.879 bits per heavy atom. The van der Waals surface area contributed by atoms with Gasteiger partial charge in [0.1, 0.15) is 0 Å². The fourth-order valence-corrected chi connectivity index (χ4v) is 2.61. The van der Waals surface area contributed by atoms with Crippen LogP contribution in [-0.4, -0.2) is 24.2 Å². The van der Waals surface area contributed by atoms with Crippen molar-refractivity contribution in [1.29, 1.82) is 0 Å².